The highest BCUT2D eigenvalue weighted by atomic mass is 32.2. The highest BCUT2D eigenvalue weighted by Gasteiger charge is 2.39. The minimum atomic E-state index is -3.47. The summed E-state index contributed by atoms with van der Waals surface area (Å²) < 4.78 is 32.7. The fourth-order valence-electron chi connectivity index (χ4n) is 5.25. The van der Waals surface area contributed by atoms with Crippen LogP contribution in [0.1, 0.15) is 40.6 Å². The molecule has 0 radical (unpaired) electrons. The average molecular weight is 425 g/mol. The summed E-state index contributed by atoms with van der Waals surface area (Å²) in [5.41, 5.74) is 6.34. The summed E-state index contributed by atoms with van der Waals surface area (Å²) in [5, 5.41) is 3.77. The molecule has 2 aromatic carbocycles. The number of morpholine rings is 1. The van der Waals surface area contributed by atoms with Crippen molar-refractivity contribution in [3.63, 3.8) is 0 Å². The molecule has 0 bridgehead atoms. The van der Waals surface area contributed by atoms with Crippen LogP contribution in [0.4, 0.5) is 5.69 Å². The third-order valence-corrected chi connectivity index (χ3v) is 8.58. The van der Waals surface area contributed by atoms with Crippen LogP contribution in [0.25, 0.3) is 0 Å². The second kappa shape index (κ2) is 7.52. The first-order valence-electron chi connectivity index (χ1n) is 10.7. The fourth-order valence-corrected chi connectivity index (χ4v) is 6.66. The number of hydrogen-bond donors (Lipinski definition) is 1. The van der Waals surface area contributed by atoms with E-state index >= 15 is 0 Å². The zero-order valence-electron chi connectivity index (χ0n) is 17.5. The molecule has 158 valence electrons. The van der Waals surface area contributed by atoms with E-state index in [0.717, 1.165) is 12.0 Å². The number of nitrogens with one attached hydrogen (secondary N) is 1. The minimum Gasteiger partial charge on any atom is -0.379 e. The van der Waals surface area contributed by atoms with Crippen LogP contribution in [0.5, 0.6) is 0 Å². The van der Waals surface area contributed by atoms with Crippen molar-refractivity contribution in [2.75, 3.05) is 31.6 Å². The SMILES string of the molecule is Cc1cc(C)c2c(c1)N[C@H](c1ccc(S(=O)(=O)N3CCOCC3)cc1)[C@@H]1CC=C[C@@H]21. The number of allylic oxidation sites excluding steroid dienone is 2. The Morgan fingerprint density at radius 1 is 1.07 bits per heavy atom. The molecule has 1 saturated heterocycles. The van der Waals surface area contributed by atoms with Crippen LogP contribution in [-0.2, 0) is 14.8 Å². The van der Waals surface area contributed by atoms with E-state index in [1.165, 1.54) is 26.7 Å². The summed E-state index contributed by atoms with van der Waals surface area (Å²) in [4.78, 5) is 0.358. The van der Waals surface area contributed by atoms with Gasteiger partial charge in [0.1, 0.15) is 0 Å². The summed E-state index contributed by atoms with van der Waals surface area (Å²) in [5.74, 6) is 0.851. The molecule has 2 aliphatic heterocycles. The summed E-state index contributed by atoms with van der Waals surface area (Å²) in [6.07, 6.45) is 5.66. The molecular formula is C24H28N2O3S. The molecule has 2 heterocycles. The van der Waals surface area contributed by atoms with Gasteiger partial charge in [0.15, 0.2) is 0 Å². The lowest BCUT2D eigenvalue weighted by molar-refractivity contribution is 0.0730. The predicted octanol–water partition coefficient (Wildman–Crippen LogP) is 4.15. The number of nitrogens with zero attached hydrogens (tertiary/aromatic N) is 1. The maximum absolute atomic E-state index is 12.9. The number of aryl methyl sites for hydroxylation is 2. The third-order valence-electron chi connectivity index (χ3n) is 6.66. The number of rotatable bonds is 3. The summed E-state index contributed by atoms with van der Waals surface area (Å²) >= 11 is 0. The van der Waals surface area contributed by atoms with Crippen LogP contribution >= 0.6 is 0 Å². The number of fused-ring (bicyclic) bond motifs is 3. The van der Waals surface area contributed by atoms with Crippen molar-refractivity contribution in [3.05, 3.63) is 70.8 Å². The van der Waals surface area contributed by atoms with Crippen molar-refractivity contribution in [2.24, 2.45) is 5.92 Å². The molecule has 30 heavy (non-hydrogen) atoms. The Bertz CT molecular complexity index is 1090. The van der Waals surface area contributed by atoms with Gasteiger partial charge >= 0.3 is 0 Å². The van der Waals surface area contributed by atoms with Crippen molar-refractivity contribution in [1.29, 1.82) is 0 Å². The molecule has 0 aromatic heterocycles. The highest BCUT2D eigenvalue weighted by molar-refractivity contribution is 7.89. The van der Waals surface area contributed by atoms with Crippen molar-refractivity contribution in [1.82, 2.24) is 4.31 Å². The van der Waals surface area contributed by atoms with Crippen LogP contribution in [-0.4, -0.2) is 39.0 Å². The Labute approximate surface area is 178 Å². The molecule has 2 aromatic rings. The number of benzene rings is 2. The van der Waals surface area contributed by atoms with Gasteiger partial charge in [-0.3, -0.25) is 0 Å². The Balaban J connectivity index is 1.46. The van der Waals surface area contributed by atoms with Gasteiger partial charge in [0.05, 0.1) is 24.2 Å². The van der Waals surface area contributed by atoms with Crippen molar-refractivity contribution in [2.45, 2.75) is 37.1 Å². The van der Waals surface area contributed by atoms with Crippen LogP contribution < -0.4 is 5.32 Å². The lowest BCUT2D eigenvalue weighted by atomic mass is 9.75. The lowest BCUT2D eigenvalue weighted by Gasteiger charge is -2.38. The quantitative estimate of drug-likeness (QED) is 0.752. The molecule has 0 amide bonds. The van der Waals surface area contributed by atoms with Crippen LogP contribution in [0.15, 0.2) is 53.4 Å². The van der Waals surface area contributed by atoms with Crippen molar-refractivity contribution < 1.29 is 13.2 Å². The fraction of sp³-hybridized carbons (Fsp3) is 0.417. The van der Waals surface area contributed by atoms with Gasteiger partial charge in [-0.15, -0.1) is 0 Å². The maximum atomic E-state index is 12.9. The molecule has 0 unspecified atom stereocenters. The van der Waals surface area contributed by atoms with Crippen LogP contribution in [0.3, 0.4) is 0 Å². The van der Waals surface area contributed by atoms with Gasteiger partial charge in [0, 0.05) is 24.7 Å². The molecule has 0 spiro atoms. The second-order valence-electron chi connectivity index (χ2n) is 8.60. The molecular weight excluding hydrogens is 396 g/mol. The maximum Gasteiger partial charge on any atom is 0.243 e. The predicted molar refractivity (Wildman–Crippen MR) is 118 cm³/mol. The van der Waals surface area contributed by atoms with E-state index in [4.69, 9.17) is 4.74 Å². The number of ether oxygens (including phenoxy) is 1. The molecule has 0 saturated carbocycles. The molecule has 6 heteroatoms. The normalized spacial score (nSPS) is 26.1. The molecule has 3 atom stereocenters. The second-order valence-corrected chi connectivity index (χ2v) is 10.5. The first-order chi connectivity index (χ1) is 14.4. The van der Waals surface area contributed by atoms with Gasteiger partial charge in [0.2, 0.25) is 10.0 Å². The summed E-state index contributed by atoms with van der Waals surface area (Å²) in [7, 11) is -3.47. The Morgan fingerprint density at radius 2 is 1.80 bits per heavy atom. The largest absolute Gasteiger partial charge is 0.379 e. The van der Waals surface area contributed by atoms with Crippen LogP contribution in [0.2, 0.25) is 0 Å². The molecule has 3 aliphatic rings. The molecule has 5 rings (SSSR count). The molecule has 1 fully saturated rings. The lowest BCUT2D eigenvalue weighted by Crippen LogP contribution is -2.40. The summed E-state index contributed by atoms with van der Waals surface area (Å²) in [6.45, 7) is 6.07. The minimum absolute atomic E-state index is 0.166. The van der Waals surface area contributed by atoms with E-state index in [0.29, 0.717) is 43.0 Å². The van der Waals surface area contributed by atoms with Gasteiger partial charge in [-0.1, -0.05) is 30.4 Å². The Hall–Kier alpha value is -2.15. The van der Waals surface area contributed by atoms with E-state index in [1.807, 2.05) is 12.1 Å². The van der Waals surface area contributed by atoms with E-state index in [-0.39, 0.29) is 6.04 Å². The number of sulfonamides is 1. The van der Waals surface area contributed by atoms with Gasteiger partial charge in [-0.25, -0.2) is 8.42 Å². The van der Waals surface area contributed by atoms with Gasteiger partial charge in [-0.05, 0) is 66.6 Å². The topological polar surface area (TPSA) is 58.6 Å². The highest BCUT2D eigenvalue weighted by Crippen LogP contribution is 2.51. The average Bonchev–Trinajstić information content (AvgIpc) is 3.23. The van der Waals surface area contributed by atoms with Crippen LogP contribution in [0, 0.1) is 19.8 Å². The number of hydrogen-bond acceptors (Lipinski definition) is 4. The van der Waals surface area contributed by atoms with Crippen molar-refractivity contribution in [3.8, 4) is 0 Å². The van der Waals surface area contributed by atoms with Gasteiger partial charge in [-0.2, -0.15) is 4.31 Å². The molecule has 5 nitrogen and oxygen atoms in total. The summed E-state index contributed by atoms with van der Waals surface area (Å²) in [6, 6.07) is 12.1. The third kappa shape index (κ3) is 3.27. The molecule has 1 N–H and O–H groups in total. The van der Waals surface area contributed by atoms with E-state index in [2.05, 4.69) is 43.4 Å². The molecule has 1 aliphatic carbocycles. The first-order valence-corrected chi connectivity index (χ1v) is 12.1. The monoisotopic (exact) mass is 424 g/mol. The number of anilines is 1. The van der Waals surface area contributed by atoms with Crippen molar-refractivity contribution >= 4 is 15.7 Å². The zero-order valence-corrected chi connectivity index (χ0v) is 18.3. The van der Waals surface area contributed by atoms with Gasteiger partial charge < -0.3 is 10.1 Å². The van der Waals surface area contributed by atoms with E-state index < -0.39 is 10.0 Å². The zero-order chi connectivity index (χ0) is 20.9. The van der Waals surface area contributed by atoms with Gasteiger partial charge in [0.25, 0.3) is 0 Å². The standard InChI is InChI=1S/C24H28N2O3S/c1-16-14-17(2)23-20-4-3-5-21(20)24(25-22(23)15-16)18-6-8-19(9-7-18)30(27,28)26-10-12-29-13-11-26/h3-4,6-9,14-15,20-21,24-25H,5,10-13H2,1-2H3/t20-,21-,24-/m1/s1. The Kier molecular flexibility index (Phi) is 4.96. The Morgan fingerprint density at radius 3 is 2.53 bits per heavy atom. The van der Waals surface area contributed by atoms with E-state index in [1.54, 1.807) is 12.1 Å². The van der Waals surface area contributed by atoms with E-state index in [9.17, 15) is 8.42 Å². The smallest absolute Gasteiger partial charge is 0.243 e. The first kappa shape index (κ1) is 19.8.